The molecule has 0 aliphatic heterocycles. The third-order valence-corrected chi connectivity index (χ3v) is 4.97. The Morgan fingerprint density at radius 1 is 1.17 bits per heavy atom. The number of thiophene rings is 1. The lowest BCUT2D eigenvalue weighted by molar-refractivity contribution is 0.103. The minimum atomic E-state index is -0.313. The van der Waals surface area contributed by atoms with Gasteiger partial charge in [0.2, 0.25) is 0 Å². The molecule has 2 rings (SSSR count). The Bertz CT molecular complexity index is 611. The van der Waals surface area contributed by atoms with Gasteiger partial charge in [-0.2, -0.15) is 0 Å². The van der Waals surface area contributed by atoms with Crippen LogP contribution in [0.3, 0.4) is 0 Å². The molecule has 0 radical (unpaired) electrons. The fraction of sp³-hybridized carbons (Fsp3) is 0.154. The number of hydrogen-bond acceptors (Lipinski definition) is 2. The molecule has 0 amide bonds. The highest BCUT2D eigenvalue weighted by atomic mass is 79.9. The van der Waals surface area contributed by atoms with Gasteiger partial charge in [0, 0.05) is 11.1 Å². The van der Waals surface area contributed by atoms with E-state index < -0.39 is 0 Å². The van der Waals surface area contributed by atoms with E-state index in [9.17, 15) is 9.18 Å². The van der Waals surface area contributed by atoms with Crippen LogP contribution in [0.5, 0.6) is 0 Å². The zero-order valence-corrected chi connectivity index (χ0v) is 13.7. The van der Waals surface area contributed by atoms with E-state index in [2.05, 4.69) is 31.9 Å². The number of carbonyl (C=O) groups excluding carboxylic acids is 1. The first kappa shape index (κ1) is 13.9. The maximum Gasteiger partial charge on any atom is 0.195 e. The van der Waals surface area contributed by atoms with Gasteiger partial charge in [-0.1, -0.05) is 0 Å². The first-order valence-electron chi connectivity index (χ1n) is 5.16. The first-order chi connectivity index (χ1) is 8.40. The zero-order chi connectivity index (χ0) is 13.4. The van der Waals surface area contributed by atoms with Crippen LogP contribution in [-0.4, -0.2) is 5.78 Å². The quantitative estimate of drug-likeness (QED) is 0.638. The molecule has 0 atom stereocenters. The summed E-state index contributed by atoms with van der Waals surface area (Å²) in [6.45, 7) is 3.50. The molecule has 5 heteroatoms. The highest BCUT2D eigenvalue weighted by Crippen LogP contribution is 2.34. The lowest BCUT2D eigenvalue weighted by Crippen LogP contribution is -2.06. The zero-order valence-electron chi connectivity index (χ0n) is 9.68. The van der Waals surface area contributed by atoms with Crippen molar-refractivity contribution in [2.45, 2.75) is 13.8 Å². The number of ketones is 1. The SMILES string of the molecule is Cc1cc(F)cc(C)c1C(=O)c1cc(Br)sc1Br. The molecule has 0 spiro atoms. The lowest BCUT2D eigenvalue weighted by atomic mass is 9.96. The second kappa shape index (κ2) is 5.23. The molecule has 18 heavy (non-hydrogen) atoms. The van der Waals surface area contributed by atoms with Crippen molar-refractivity contribution < 1.29 is 9.18 Å². The Morgan fingerprint density at radius 3 is 2.17 bits per heavy atom. The predicted octanol–water partition coefficient (Wildman–Crippen LogP) is 5.26. The molecule has 1 aromatic heterocycles. The summed E-state index contributed by atoms with van der Waals surface area (Å²) >= 11 is 8.17. The molecule has 0 saturated heterocycles. The second-order valence-electron chi connectivity index (χ2n) is 3.98. The standard InChI is InChI=1S/C13H9Br2FOS/c1-6-3-8(16)4-7(2)11(6)12(17)9-5-10(14)18-13(9)15/h3-5H,1-2H3. The summed E-state index contributed by atoms with van der Waals surface area (Å²) in [5.74, 6) is -0.397. The molecule has 0 aliphatic carbocycles. The van der Waals surface area contributed by atoms with E-state index in [1.807, 2.05) is 0 Å². The van der Waals surface area contributed by atoms with Gasteiger partial charge in [0.1, 0.15) is 5.82 Å². The second-order valence-corrected chi connectivity index (χ2v) is 7.73. The van der Waals surface area contributed by atoms with Gasteiger partial charge < -0.3 is 0 Å². The highest BCUT2D eigenvalue weighted by molar-refractivity contribution is 9.12. The van der Waals surface area contributed by atoms with E-state index in [1.54, 1.807) is 19.9 Å². The van der Waals surface area contributed by atoms with Crippen LogP contribution in [0, 0.1) is 19.7 Å². The summed E-state index contributed by atoms with van der Waals surface area (Å²) in [5, 5.41) is 0. The van der Waals surface area contributed by atoms with Gasteiger partial charge in [0.05, 0.1) is 7.57 Å². The van der Waals surface area contributed by atoms with Crippen molar-refractivity contribution in [1.82, 2.24) is 0 Å². The van der Waals surface area contributed by atoms with E-state index in [0.717, 1.165) is 7.57 Å². The van der Waals surface area contributed by atoms with Gasteiger partial charge in [0.15, 0.2) is 5.78 Å². The normalized spacial score (nSPS) is 10.7. The van der Waals surface area contributed by atoms with Crippen LogP contribution in [0.4, 0.5) is 4.39 Å². The van der Waals surface area contributed by atoms with E-state index >= 15 is 0 Å². The van der Waals surface area contributed by atoms with Crippen molar-refractivity contribution in [1.29, 1.82) is 0 Å². The van der Waals surface area contributed by atoms with E-state index in [1.165, 1.54) is 23.5 Å². The number of carbonyl (C=O) groups is 1. The number of aryl methyl sites for hydroxylation is 2. The van der Waals surface area contributed by atoms with Crippen molar-refractivity contribution in [2.75, 3.05) is 0 Å². The molecule has 94 valence electrons. The number of halogens is 3. The maximum absolute atomic E-state index is 13.2. The van der Waals surface area contributed by atoms with Gasteiger partial charge in [-0.05, 0) is 75.0 Å². The Morgan fingerprint density at radius 2 is 1.72 bits per heavy atom. The molecule has 0 saturated carbocycles. The average molecular weight is 392 g/mol. The van der Waals surface area contributed by atoms with Gasteiger partial charge in [-0.3, -0.25) is 4.79 Å². The van der Waals surface area contributed by atoms with Crippen LogP contribution in [0.2, 0.25) is 0 Å². The smallest absolute Gasteiger partial charge is 0.195 e. The predicted molar refractivity (Wildman–Crippen MR) is 79.0 cm³/mol. The molecule has 1 heterocycles. The van der Waals surface area contributed by atoms with Gasteiger partial charge in [-0.25, -0.2) is 4.39 Å². The Labute approximate surface area is 125 Å². The van der Waals surface area contributed by atoms with Crippen molar-refractivity contribution in [3.05, 3.63) is 53.8 Å². The summed E-state index contributed by atoms with van der Waals surface area (Å²) in [6.07, 6.45) is 0. The maximum atomic E-state index is 13.2. The summed E-state index contributed by atoms with van der Waals surface area (Å²) in [4.78, 5) is 12.5. The molecule has 0 aliphatic rings. The lowest BCUT2D eigenvalue weighted by Gasteiger charge is -2.08. The summed E-state index contributed by atoms with van der Waals surface area (Å²) < 4.78 is 14.9. The topological polar surface area (TPSA) is 17.1 Å². The third-order valence-electron chi connectivity index (χ3n) is 2.63. The fourth-order valence-corrected chi connectivity index (χ4v) is 4.69. The highest BCUT2D eigenvalue weighted by Gasteiger charge is 2.19. The Kier molecular flexibility index (Phi) is 4.04. The minimum absolute atomic E-state index is 0.0844. The van der Waals surface area contributed by atoms with Gasteiger partial charge >= 0.3 is 0 Å². The van der Waals surface area contributed by atoms with Crippen LogP contribution >= 0.6 is 43.2 Å². The van der Waals surface area contributed by atoms with E-state index in [0.29, 0.717) is 22.3 Å². The van der Waals surface area contributed by atoms with Crippen LogP contribution in [0.15, 0.2) is 25.8 Å². The van der Waals surface area contributed by atoms with E-state index in [-0.39, 0.29) is 11.6 Å². The van der Waals surface area contributed by atoms with Crippen LogP contribution in [-0.2, 0) is 0 Å². The number of benzene rings is 1. The molecular weight excluding hydrogens is 383 g/mol. The average Bonchev–Trinajstić information content (AvgIpc) is 2.56. The molecular formula is C13H9Br2FOS. The molecule has 2 aromatic rings. The van der Waals surface area contributed by atoms with Crippen LogP contribution in [0.1, 0.15) is 27.0 Å². The molecule has 0 fully saturated rings. The Balaban J connectivity index is 2.56. The van der Waals surface area contributed by atoms with E-state index in [4.69, 9.17) is 0 Å². The largest absolute Gasteiger partial charge is 0.289 e. The molecule has 1 aromatic carbocycles. The van der Waals surface area contributed by atoms with Crippen molar-refractivity contribution >= 4 is 49.0 Å². The Hall–Kier alpha value is -0.520. The fourth-order valence-electron chi connectivity index (χ4n) is 1.90. The monoisotopic (exact) mass is 390 g/mol. The van der Waals surface area contributed by atoms with Crippen LogP contribution in [0.25, 0.3) is 0 Å². The van der Waals surface area contributed by atoms with Crippen molar-refractivity contribution in [3.63, 3.8) is 0 Å². The molecule has 0 unspecified atom stereocenters. The third kappa shape index (κ3) is 2.58. The van der Waals surface area contributed by atoms with Crippen molar-refractivity contribution in [3.8, 4) is 0 Å². The van der Waals surface area contributed by atoms with Gasteiger partial charge in [0.25, 0.3) is 0 Å². The molecule has 1 nitrogen and oxygen atoms in total. The number of rotatable bonds is 2. The van der Waals surface area contributed by atoms with Crippen molar-refractivity contribution in [2.24, 2.45) is 0 Å². The van der Waals surface area contributed by atoms with Gasteiger partial charge in [-0.15, -0.1) is 11.3 Å². The summed E-state index contributed by atoms with van der Waals surface area (Å²) in [7, 11) is 0. The summed E-state index contributed by atoms with van der Waals surface area (Å²) in [6, 6.07) is 4.55. The minimum Gasteiger partial charge on any atom is -0.289 e. The van der Waals surface area contributed by atoms with Crippen LogP contribution < -0.4 is 0 Å². The molecule has 0 bridgehead atoms. The molecule has 0 N–H and O–H groups in total. The summed E-state index contributed by atoms with van der Waals surface area (Å²) in [5.41, 5.74) is 2.49. The first-order valence-corrected chi connectivity index (χ1v) is 7.56. The number of hydrogen-bond donors (Lipinski definition) is 0.